The van der Waals surface area contributed by atoms with E-state index in [0.29, 0.717) is 43.9 Å². The van der Waals surface area contributed by atoms with E-state index in [9.17, 15) is 14.4 Å². The summed E-state index contributed by atoms with van der Waals surface area (Å²) in [5.41, 5.74) is 3.57. The van der Waals surface area contributed by atoms with E-state index in [-0.39, 0.29) is 29.6 Å². The number of allylic oxidation sites excluding steroid dienone is 2. The molecule has 0 bridgehead atoms. The first-order valence-electron chi connectivity index (χ1n) is 8.87. The zero-order chi connectivity index (χ0) is 18.5. The lowest BCUT2D eigenvalue weighted by molar-refractivity contribution is -0.139. The molecular formula is C19H23N3O4. The minimum atomic E-state index is -0.350. The van der Waals surface area contributed by atoms with E-state index in [1.54, 1.807) is 24.3 Å². The summed E-state index contributed by atoms with van der Waals surface area (Å²) in [7, 11) is 0. The van der Waals surface area contributed by atoms with Crippen LogP contribution in [0, 0.1) is 11.8 Å². The monoisotopic (exact) mass is 357 g/mol. The van der Waals surface area contributed by atoms with Gasteiger partial charge in [-0.25, -0.2) is 5.01 Å². The van der Waals surface area contributed by atoms with Crippen LogP contribution in [0.3, 0.4) is 0 Å². The summed E-state index contributed by atoms with van der Waals surface area (Å²) in [6, 6.07) is 6.67. The molecule has 1 aliphatic heterocycles. The smallest absolute Gasteiger partial charge is 0.251 e. The standard InChI is InChI=1S/C19H23N3O4/c1-2-26-11-10-20-17(23)13-6-5-7-14(12-13)22-19(25)16-9-4-3-8-15(16)18(24)21-22/h3-7,12,15-16H,2,8-11H2,1H3,(H,20,23)(H,21,24)/t15-,16-/m0/s1. The molecule has 1 heterocycles. The normalized spacial score (nSPS) is 22.0. The van der Waals surface area contributed by atoms with Gasteiger partial charge < -0.3 is 10.1 Å². The summed E-state index contributed by atoms with van der Waals surface area (Å²) in [6.07, 6.45) is 5.03. The molecule has 1 aromatic rings. The van der Waals surface area contributed by atoms with Gasteiger partial charge in [0, 0.05) is 18.7 Å². The van der Waals surface area contributed by atoms with Crippen molar-refractivity contribution in [1.29, 1.82) is 0 Å². The predicted octanol–water partition coefficient (Wildman–Crippen LogP) is 1.41. The van der Waals surface area contributed by atoms with Crippen molar-refractivity contribution in [1.82, 2.24) is 10.7 Å². The summed E-state index contributed by atoms with van der Waals surface area (Å²) in [5.74, 6) is -1.22. The molecule has 0 saturated carbocycles. The maximum atomic E-state index is 12.8. The molecule has 26 heavy (non-hydrogen) atoms. The number of hydrogen-bond acceptors (Lipinski definition) is 4. The number of nitrogens with zero attached hydrogens (tertiary/aromatic N) is 1. The molecular weight excluding hydrogens is 334 g/mol. The van der Waals surface area contributed by atoms with Crippen LogP contribution in [0.5, 0.6) is 0 Å². The van der Waals surface area contributed by atoms with E-state index < -0.39 is 0 Å². The van der Waals surface area contributed by atoms with E-state index in [1.165, 1.54) is 5.01 Å². The summed E-state index contributed by atoms with van der Waals surface area (Å²) >= 11 is 0. The number of fused-ring (bicyclic) bond motifs is 1. The van der Waals surface area contributed by atoms with Crippen LogP contribution < -0.4 is 15.8 Å². The molecule has 2 atom stereocenters. The molecule has 3 rings (SSSR count). The summed E-state index contributed by atoms with van der Waals surface area (Å²) in [5, 5.41) is 4.03. The molecule has 0 radical (unpaired) electrons. The average molecular weight is 357 g/mol. The zero-order valence-electron chi connectivity index (χ0n) is 14.7. The summed E-state index contributed by atoms with van der Waals surface area (Å²) in [6.45, 7) is 3.34. The van der Waals surface area contributed by atoms with Gasteiger partial charge in [-0.05, 0) is 38.0 Å². The third-order valence-electron chi connectivity index (χ3n) is 4.63. The van der Waals surface area contributed by atoms with Crippen LogP contribution in [0.15, 0.2) is 36.4 Å². The van der Waals surface area contributed by atoms with Gasteiger partial charge in [0.2, 0.25) is 11.8 Å². The SMILES string of the molecule is CCOCCNC(=O)c1cccc(N2NC(=O)[C@H]3CC=CC[C@@H]3C2=O)c1. The number of carbonyl (C=O) groups excluding carboxylic acids is 3. The van der Waals surface area contributed by atoms with Gasteiger partial charge in [0.15, 0.2) is 0 Å². The molecule has 138 valence electrons. The number of benzene rings is 1. The van der Waals surface area contributed by atoms with Crippen LogP contribution in [0.25, 0.3) is 0 Å². The van der Waals surface area contributed by atoms with E-state index in [2.05, 4.69) is 10.7 Å². The van der Waals surface area contributed by atoms with Crippen LogP contribution in [0.2, 0.25) is 0 Å². The summed E-state index contributed by atoms with van der Waals surface area (Å²) < 4.78 is 5.19. The third kappa shape index (κ3) is 3.77. The van der Waals surface area contributed by atoms with Crippen LogP contribution in [0.4, 0.5) is 5.69 Å². The van der Waals surface area contributed by atoms with E-state index in [1.807, 2.05) is 19.1 Å². The second-order valence-corrected chi connectivity index (χ2v) is 6.31. The zero-order valence-corrected chi connectivity index (χ0v) is 14.7. The first-order chi connectivity index (χ1) is 12.6. The molecule has 0 spiro atoms. The Morgan fingerprint density at radius 3 is 2.81 bits per heavy atom. The van der Waals surface area contributed by atoms with Gasteiger partial charge in [-0.1, -0.05) is 18.2 Å². The lowest BCUT2D eigenvalue weighted by Gasteiger charge is -2.38. The Labute approximate surface area is 152 Å². The van der Waals surface area contributed by atoms with E-state index >= 15 is 0 Å². The van der Waals surface area contributed by atoms with Crippen LogP contribution in [-0.2, 0) is 14.3 Å². The Hall–Kier alpha value is -2.67. The minimum Gasteiger partial charge on any atom is -0.380 e. The number of rotatable bonds is 6. The van der Waals surface area contributed by atoms with Crippen molar-refractivity contribution >= 4 is 23.4 Å². The Morgan fingerprint density at radius 2 is 2.04 bits per heavy atom. The molecule has 1 fully saturated rings. The molecule has 7 heteroatoms. The predicted molar refractivity (Wildman–Crippen MR) is 96.3 cm³/mol. The first-order valence-corrected chi connectivity index (χ1v) is 8.87. The van der Waals surface area contributed by atoms with Gasteiger partial charge >= 0.3 is 0 Å². The Kier molecular flexibility index (Phi) is 5.68. The van der Waals surface area contributed by atoms with Crippen molar-refractivity contribution < 1.29 is 19.1 Å². The largest absolute Gasteiger partial charge is 0.380 e. The molecule has 3 amide bonds. The molecule has 0 aromatic heterocycles. The van der Waals surface area contributed by atoms with Gasteiger partial charge in [0.1, 0.15) is 0 Å². The molecule has 0 unspecified atom stereocenters. The van der Waals surface area contributed by atoms with Crippen LogP contribution in [0.1, 0.15) is 30.1 Å². The second-order valence-electron chi connectivity index (χ2n) is 6.31. The van der Waals surface area contributed by atoms with Gasteiger partial charge in [-0.15, -0.1) is 0 Å². The van der Waals surface area contributed by atoms with Crippen molar-refractivity contribution in [3.8, 4) is 0 Å². The Bertz CT molecular complexity index is 731. The van der Waals surface area contributed by atoms with Crippen molar-refractivity contribution in [2.24, 2.45) is 11.8 Å². The van der Waals surface area contributed by atoms with Gasteiger partial charge in [-0.3, -0.25) is 19.8 Å². The third-order valence-corrected chi connectivity index (χ3v) is 4.63. The lowest BCUT2D eigenvalue weighted by atomic mass is 9.80. The summed E-state index contributed by atoms with van der Waals surface area (Å²) in [4.78, 5) is 37.4. The van der Waals surface area contributed by atoms with Crippen LogP contribution >= 0.6 is 0 Å². The Balaban J connectivity index is 1.73. The molecule has 1 saturated heterocycles. The van der Waals surface area contributed by atoms with Crippen molar-refractivity contribution in [3.63, 3.8) is 0 Å². The fraction of sp³-hybridized carbons (Fsp3) is 0.421. The van der Waals surface area contributed by atoms with Gasteiger partial charge in [0.05, 0.1) is 24.1 Å². The average Bonchev–Trinajstić information content (AvgIpc) is 2.68. The number of amides is 3. The molecule has 2 aliphatic rings. The number of nitrogens with one attached hydrogen (secondary N) is 2. The fourth-order valence-electron chi connectivity index (χ4n) is 3.25. The number of ether oxygens (including phenoxy) is 1. The van der Waals surface area contributed by atoms with Crippen molar-refractivity contribution in [2.75, 3.05) is 24.8 Å². The lowest BCUT2D eigenvalue weighted by Crippen LogP contribution is -2.59. The van der Waals surface area contributed by atoms with E-state index in [4.69, 9.17) is 4.74 Å². The maximum absolute atomic E-state index is 12.8. The number of hydrogen-bond donors (Lipinski definition) is 2. The number of carbonyl (C=O) groups is 3. The van der Waals surface area contributed by atoms with Crippen LogP contribution in [-0.4, -0.2) is 37.5 Å². The van der Waals surface area contributed by atoms with Gasteiger partial charge in [-0.2, -0.15) is 0 Å². The molecule has 7 nitrogen and oxygen atoms in total. The van der Waals surface area contributed by atoms with E-state index in [0.717, 1.165) is 0 Å². The highest BCUT2D eigenvalue weighted by atomic mass is 16.5. The first kappa shape index (κ1) is 18.1. The number of hydrazine groups is 1. The topological polar surface area (TPSA) is 87.7 Å². The van der Waals surface area contributed by atoms with Crippen molar-refractivity contribution in [3.05, 3.63) is 42.0 Å². The quantitative estimate of drug-likeness (QED) is 0.595. The number of anilines is 1. The highest BCUT2D eigenvalue weighted by molar-refractivity contribution is 6.05. The van der Waals surface area contributed by atoms with Gasteiger partial charge in [0.25, 0.3) is 5.91 Å². The minimum absolute atomic E-state index is 0.146. The fourth-order valence-corrected chi connectivity index (χ4v) is 3.25. The van der Waals surface area contributed by atoms with Crippen molar-refractivity contribution in [2.45, 2.75) is 19.8 Å². The molecule has 2 N–H and O–H groups in total. The molecule has 1 aromatic carbocycles. The maximum Gasteiger partial charge on any atom is 0.251 e. The highest BCUT2D eigenvalue weighted by Gasteiger charge is 2.42. The Morgan fingerprint density at radius 1 is 1.27 bits per heavy atom. The molecule has 1 aliphatic carbocycles. The highest BCUT2D eigenvalue weighted by Crippen LogP contribution is 2.32. The second kappa shape index (κ2) is 8.14.